The molecule has 0 unspecified atom stereocenters. The van der Waals surface area contributed by atoms with Crippen LogP contribution < -0.4 is 5.32 Å². The first-order valence-electron chi connectivity index (χ1n) is 8.63. The maximum absolute atomic E-state index is 12.9. The number of thiophene rings is 1. The normalized spacial score (nSPS) is 13.3. The molecule has 1 amide bonds. The molecular weight excluding hydrogens is 407 g/mol. The fourth-order valence-corrected chi connectivity index (χ4v) is 4.11. The van der Waals surface area contributed by atoms with Gasteiger partial charge in [-0.2, -0.15) is 23.1 Å². The Hall–Kier alpha value is -2.92. The van der Waals surface area contributed by atoms with Crippen LogP contribution in [-0.2, 0) is 13.2 Å². The van der Waals surface area contributed by atoms with Crippen LogP contribution >= 0.6 is 11.3 Å². The SMILES string of the molecule is C[C@H](CO)NC(=O)c1cc2c3nn(C)nc3n(-c3ccc(C(F)(F)F)cc3)c2s1. The van der Waals surface area contributed by atoms with Crippen molar-refractivity contribution >= 4 is 38.6 Å². The van der Waals surface area contributed by atoms with Crippen molar-refractivity contribution in [1.29, 1.82) is 0 Å². The Morgan fingerprint density at radius 1 is 1.28 bits per heavy atom. The van der Waals surface area contributed by atoms with Gasteiger partial charge in [0.2, 0.25) is 0 Å². The van der Waals surface area contributed by atoms with Crippen LogP contribution in [0.15, 0.2) is 30.3 Å². The van der Waals surface area contributed by atoms with Gasteiger partial charge in [-0.3, -0.25) is 9.36 Å². The molecule has 4 aromatic rings. The van der Waals surface area contributed by atoms with Gasteiger partial charge in [-0.05, 0) is 37.3 Å². The summed E-state index contributed by atoms with van der Waals surface area (Å²) in [6.07, 6.45) is -4.43. The maximum atomic E-state index is 12.9. The van der Waals surface area contributed by atoms with Gasteiger partial charge in [-0.1, -0.05) is 0 Å². The van der Waals surface area contributed by atoms with Gasteiger partial charge in [-0.25, -0.2) is 0 Å². The monoisotopic (exact) mass is 423 g/mol. The number of alkyl halides is 3. The summed E-state index contributed by atoms with van der Waals surface area (Å²) in [7, 11) is 1.64. The number of aryl methyl sites for hydroxylation is 1. The highest BCUT2D eigenvalue weighted by Crippen LogP contribution is 2.37. The minimum Gasteiger partial charge on any atom is -0.394 e. The van der Waals surface area contributed by atoms with Crippen molar-refractivity contribution < 1.29 is 23.1 Å². The Morgan fingerprint density at radius 3 is 2.59 bits per heavy atom. The number of nitrogens with zero attached hydrogens (tertiary/aromatic N) is 4. The van der Waals surface area contributed by atoms with Gasteiger partial charge in [0.25, 0.3) is 5.91 Å². The Labute approximate surface area is 166 Å². The van der Waals surface area contributed by atoms with E-state index in [9.17, 15) is 18.0 Å². The summed E-state index contributed by atoms with van der Waals surface area (Å²) in [5.41, 5.74) is 0.775. The van der Waals surface area contributed by atoms with Crippen LogP contribution in [-0.4, -0.2) is 43.2 Å². The number of hydrogen-bond acceptors (Lipinski definition) is 5. The maximum Gasteiger partial charge on any atom is 0.416 e. The van der Waals surface area contributed by atoms with Crippen molar-refractivity contribution in [2.24, 2.45) is 7.05 Å². The lowest BCUT2D eigenvalue weighted by molar-refractivity contribution is -0.137. The van der Waals surface area contributed by atoms with Gasteiger partial charge in [0.1, 0.15) is 10.3 Å². The van der Waals surface area contributed by atoms with Gasteiger partial charge in [0, 0.05) is 24.2 Å². The Kier molecular flexibility index (Phi) is 4.58. The van der Waals surface area contributed by atoms with Crippen LogP contribution in [0.2, 0.25) is 0 Å². The predicted octanol–water partition coefficient (Wildman–Crippen LogP) is 3.10. The average Bonchev–Trinajstić information content (AvgIpc) is 3.31. The van der Waals surface area contributed by atoms with Crippen LogP contribution in [0.1, 0.15) is 22.2 Å². The van der Waals surface area contributed by atoms with Gasteiger partial charge < -0.3 is 10.4 Å². The molecule has 0 aliphatic carbocycles. The number of hydrogen-bond donors (Lipinski definition) is 2. The highest BCUT2D eigenvalue weighted by atomic mass is 32.1. The fourth-order valence-electron chi connectivity index (χ4n) is 3.03. The van der Waals surface area contributed by atoms with Crippen molar-refractivity contribution in [3.8, 4) is 5.69 Å². The topological polar surface area (TPSA) is 85.0 Å². The third-order valence-corrected chi connectivity index (χ3v) is 5.53. The van der Waals surface area contributed by atoms with Crippen molar-refractivity contribution in [2.75, 3.05) is 6.61 Å². The smallest absolute Gasteiger partial charge is 0.394 e. The van der Waals surface area contributed by atoms with Gasteiger partial charge in [-0.15, -0.1) is 16.4 Å². The number of fused-ring (bicyclic) bond motifs is 3. The standard InChI is InChI=1S/C18H16F3N5O2S/c1-9(8-27)22-16(28)13-7-12-14-15(24-25(2)23-14)26(17(12)29-13)11-5-3-10(4-6-11)18(19,20)21/h3-7,9,27H,8H2,1-2H3,(H,22,28)/t9-/m1/s1. The number of nitrogens with one attached hydrogen (secondary N) is 1. The number of aliphatic hydroxyl groups excluding tert-OH is 1. The molecule has 0 spiro atoms. The molecule has 0 aliphatic heterocycles. The Bertz CT molecular complexity index is 1210. The second-order valence-electron chi connectivity index (χ2n) is 6.63. The second-order valence-corrected chi connectivity index (χ2v) is 7.66. The molecule has 1 aromatic carbocycles. The Balaban J connectivity index is 1.86. The molecule has 0 bridgehead atoms. The van der Waals surface area contributed by atoms with Gasteiger partial charge >= 0.3 is 6.18 Å². The quantitative estimate of drug-likeness (QED) is 0.528. The zero-order valence-electron chi connectivity index (χ0n) is 15.4. The minimum absolute atomic E-state index is 0.192. The summed E-state index contributed by atoms with van der Waals surface area (Å²) >= 11 is 1.18. The summed E-state index contributed by atoms with van der Waals surface area (Å²) in [6, 6.07) is 6.02. The average molecular weight is 423 g/mol. The summed E-state index contributed by atoms with van der Waals surface area (Å²) in [5.74, 6) is -0.344. The molecule has 11 heteroatoms. The summed E-state index contributed by atoms with van der Waals surface area (Å²) in [4.78, 5) is 14.9. The highest BCUT2D eigenvalue weighted by Gasteiger charge is 2.30. The van der Waals surface area contributed by atoms with E-state index in [2.05, 4.69) is 15.5 Å². The van der Waals surface area contributed by atoms with Crippen LogP contribution in [0.3, 0.4) is 0 Å². The van der Waals surface area contributed by atoms with Crippen LogP contribution in [0, 0.1) is 0 Å². The number of amides is 1. The predicted molar refractivity (Wildman–Crippen MR) is 102 cm³/mol. The fraction of sp³-hybridized carbons (Fsp3) is 0.278. The van der Waals surface area contributed by atoms with E-state index in [1.54, 1.807) is 24.6 Å². The minimum atomic E-state index is -4.43. The third kappa shape index (κ3) is 3.36. The van der Waals surface area contributed by atoms with Crippen molar-refractivity contribution in [2.45, 2.75) is 19.1 Å². The first-order valence-corrected chi connectivity index (χ1v) is 9.45. The van der Waals surface area contributed by atoms with Crippen LogP contribution in [0.5, 0.6) is 0 Å². The molecule has 7 nitrogen and oxygen atoms in total. The lowest BCUT2D eigenvalue weighted by atomic mass is 10.2. The zero-order chi connectivity index (χ0) is 20.9. The molecule has 0 radical (unpaired) electrons. The van der Waals surface area contributed by atoms with E-state index in [0.29, 0.717) is 31.9 Å². The van der Waals surface area contributed by atoms with Crippen LogP contribution in [0.4, 0.5) is 13.2 Å². The van der Waals surface area contributed by atoms with Gasteiger partial charge in [0.05, 0.1) is 17.0 Å². The molecule has 2 N–H and O–H groups in total. The number of halogens is 3. The largest absolute Gasteiger partial charge is 0.416 e. The van der Waals surface area contributed by atoms with Crippen molar-refractivity contribution in [1.82, 2.24) is 24.9 Å². The summed E-state index contributed by atoms with van der Waals surface area (Å²) in [6.45, 7) is 1.48. The summed E-state index contributed by atoms with van der Waals surface area (Å²) in [5, 5.41) is 21.1. The number of aromatic nitrogens is 4. The van der Waals surface area contributed by atoms with E-state index in [-0.39, 0.29) is 12.5 Å². The van der Waals surface area contributed by atoms with E-state index in [1.807, 2.05) is 0 Å². The van der Waals surface area contributed by atoms with E-state index in [4.69, 9.17) is 5.11 Å². The molecule has 0 aliphatic rings. The van der Waals surface area contributed by atoms with Crippen molar-refractivity contribution in [3.63, 3.8) is 0 Å². The number of rotatable bonds is 4. The van der Waals surface area contributed by atoms with E-state index < -0.39 is 17.8 Å². The number of carbonyl (C=O) groups is 1. The molecule has 1 atom stereocenters. The number of benzene rings is 1. The molecule has 3 heterocycles. The van der Waals surface area contributed by atoms with Crippen LogP contribution in [0.25, 0.3) is 27.1 Å². The number of carbonyl (C=O) groups excluding carboxylic acids is 1. The molecule has 29 heavy (non-hydrogen) atoms. The lowest BCUT2D eigenvalue weighted by Gasteiger charge is -2.09. The molecule has 0 saturated heterocycles. The zero-order valence-corrected chi connectivity index (χ0v) is 16.2. The van der Waals surface area contributed by atoms with E-state index in [0.717, 1.165) is 12.1 Å². The molecule has 3 aromatic heterocycles. The molecule has 4 rings (SSSR count). The first-order chi connectivity index (χ1) is 13.7. The number of aliphatic hydroxyl groups is 1. The van der Waals surface area contributed by atoms with Crippen molar-refractivity contribution in [3.05, 3.63) is 40.8 Å². The molecule has 0 saturated carbocycles. The first kappa shape index (κ1) is 19.4. The Morgan fingerprint density at radius 2 is 1.97 bits per heavy atom. The molecular formula is C18H16F3N5O2S. The van der Waals surface area contributed by atoms with Gasteiger partial charge in [0.15, 0.2) is 5.65 Å². The third-order valence-electron chi connectivity index (χ3n) is 4.41. The van der Waals surface area contributed by atoms with E-state index >= 15 is 0 Å². The highest BCUT2D eigenvalue weighted by molar-refractivity contribution is 7.20. The summed E-state index contributed by atoms with van der Waals surface area (Å²) < 4.78 is 40.4. The lowest BCUT2D eigenvalue weighted by Crippen LogP contribution is -2.34. The molecule has 0 fully saturated rings. The molecule has 152 valence electrons. The second kappa shape index (κ2) is 6.85. The van der Waals surface area contributed by atoms with E-state index in [1.165, 1.54) is 28.3 Å².